The van der Waals surface area contributed by atoms with Gasteiger partial charge in [-0.05, 0) is 37.5 Å². The van der Waals surface area contributed by atoms with E-state index in [1.54, 1.807) is 6.07 Å². The van der Waals surface area contributed by atoms with Gasteiger partial charge in [0.25, 0.3) is 5.56 Å². The van der Waals surface area contributed by atoms with E-state index < -0.39 is 0 Å². The molecule has 6 heteroatoms. The second-order valence-corrected chi connectivity index (χ2v) is 7.55. The summed E-state index contributed by atoms with van der Waals surface area (Å²) in [5.41, 5.74) is 2.10. The molecular formula is C20H24ClN3O2. The van der Waals surface area contributed by atoms with Crippen molar-refractivity contribution >= 4 is 23.1 Å². The number of aromatic nitrogens is 1. The Morgan fingerprint density at radius 1 is 1.19 bits per heavy atom. The zero-order valence-corrected chi connectivity index (χ0v) is 15.7. The number of aromatic amines is 1. The van der Waals surface area contributed by atoms with E-state index in [4.69, 9.17) is 16.3 Å². The Kier molecular flexibility index (Phi) is 4.92. The number of benzene rings is 1. The predicted molar refractivity (Wildman–Crippen MR) is 105 cm³/mol. The SMILES string of the molecule is C[C@@H]1COCCN1c1cc(N2CCCC2c2cccc(Cl)c2)[nH]c(=O)c1. The van der Waals surface area contributed by atoms with Crippen LogP contribution in [0.3, 0.4) is 0 Å². The molecule has 26 heavy (non-hydrogen) atoms. The Hall–Kier alpha value is -1.98. The van der Waals surface area contributed by atoms with Gasteiger partial charge in [0, 0.05) is 42.0 Å². The lowest BCUT2D eigenvalue weighted by Crippen LogP contribution is -2.44. The highest BCUT2D eigenvalue weighted by Gasteiger charge is 2.28. The van der Waals surface area contributed by atoms with Crippen LogP contribution in [0.2, 0.25) is 5.02 Å². The standard InChI is InChI=1S/C20H24ClN3O2/c1-14-13-26-9-8-23(14)17-11-19(22-20(25)12-17)24-7-3-6-18(24)15-4-2-5-16(21)10-15/h2,4-5,10-12,14,18H,3,6-9,13H2,1H3,(H,22,25)/t14-,18?/m1/s1. The number of pyridine rings is 1. The first kappa shape index (κ1) is 17.4. The van der Waals surface area contributed by atoms with Crippen molar-refractivity contribution in [1.82, 2.24) is 4.98 Å². The van der Waals surface area contributed by atoms with Crippen LogP contribution in [-0.4, -0.2) is 37.3 Å². The average molecular weight is 374 g/mol. The fourth-order valence-electron chi connectivity index (χ4n) is 4.06. The summed E-state index contributed by atoms with van der Waals surface area (Å²) in [6, 6.07) is 12.3. The van der Waals surface area contributed by atoms with Crippen LogP contribution in [0, 0.1) is 0 Å². The number of halogens is 1. The van der Waals surface area contributed by atoms with Crippen LogP contribution in [-0.2, 0) is 4.74 Å². The summed E-state index contributed by atoms with van der Waals surface area (Å²) in [5.74, 6) is 0.883. The lowest BCUT2D eigenvalue weighted by atomic mass is 10.0. The van der Waals surface area contributed by atoms with Crippen molar-refractivity contribution in [1.29, 1.82) is 0 Å². The van der Waals surface area contributed by atoms with Crippen molar-refractivity contribution in [2.24, 2.45) is 0 Å². The summed E-state index contributed by atoms with van der Waals surface area (Å²) in [7, 11) is 0. The van der Waals surface area contributed by atoms with Crippen LogP contribution in [0.4, 0.5) is 11.5 Å². The second kappa shape index (κ2) is 7.33. The molecule has 0 aliphatic carbocycles. The molecule has 0 amide bonds. The molecule has 2 aliphatic heterocycles. The quantitative estimate of drug-likeness (QED) is 0.893. The van der Waals surface area contributed by atoms with E-state index in [-0.39, 0.29) is 17.6 Å². The molecule has 0 bridgehead atoms. The summed E-state index contributed by atoms with van der Waals surface area (Å²) in [4.78, 5) is 19.9. The molecule has 2 fully saturated rings. The maximum atomic E-state index is 12.4. The van der Waals surface area contributed by atoms with E-state index in [9.17, 15) is 4.79 Å². The van der Waals surface area contributed by atoms with Crippen LogP contribution in [0.5, 0.6) is 0 Å². The third-order valence-electron chi connectivity index (χ3n) is 5.31. The highest BCUT2D eigenvalue weighted by Crippen LogP contribution is 2.36. The van der Waals surface area contributed by atoms with Gasteiger partial charge in [0.2, 0.25) is 0 Å². The summed E-state index contributed by atoms with van der Waals surface area (Å²) in [6.45, 7) is 5.25. The van der Waals surface area contributed by atoms with E-state index in [1.807, 2.05) is 18.2 Å². The Morgan fingerprint density at radius 3 is 2.88 bits per heavy atom. The van der Waals surface area contributed by atoms with Crippen LogP contribution in [0.1, 0.15) is 31.4 Å². The number of anilines is 2. The van der Waals surface area contributed by atoms with Gasteiger partial charge < -0.3 is 19.5 Å². The molecule has 2 aromatic rings. The molecule has 1 aromatic carbocycles. The maximum Gasteiger partial charge on any atom is 0.251 e. The van der Waals surface area contributed by atoms with Crippen molar-refractivity contribution in [2.75, 3.05) is 36.1 Å². The lowest BCUT2D eigenvalue weighted by Gasteiger charge is -2.36. The summed E-state index contributed by atoms with van der Waals surface area (Å²) in [5, 5.41) is 0.749. The molecule has 138 valence electrons. The van der Waals surface area contributed by atoms with Crippen LogP contribution in [0.25, 0.3) is 0 Å². The van der Waals surface area contributed by atoms with E-state index in [1.165, 1.54) is 5.56 Å². The van der Waals surface area contributed by atoms with Crippen molar-refractivity contribution in [2.45, 2.75) is 31.8 Å². The Morgan fingerprint density at radius 2 is 2.08 bits per heavy atom. The monoisotopic (exact) mass is 373 g/mol. The van der Waals surface area contributed by atoms with Gasteiger partial charge in [-0.3, -0.25) is 4.79 Å². The lowest BCUT2D eigenvalue weighted by molar-refractivity contribution is 0.0989. The summed E-state index contributed by atoms with van der Waals surface area (Å²) < 4.78 is 5.53. The topological polar surface area (TPSA) is 48.6 Å². The molecular weight excluding hydrogens is 350 g/mol. The van der Waals surface area contributed by atoms with Gasteiger partial charge in [0.1, 0.15) is 5.82 Å². The number of nitrogens with one attached hydrogen (secondary N) is 1. The zero-order chi connectivity index (χ0) is 18.1. The molecule has 2 saturated heterocycles. The number of nitrogens with zero attached hydrogens (tertiary/aromatic N) is 2. The van der Waals surface area contributed by atoms with Gasteiger partial charge in [0.15, 0.2) is 0 Å². The van der Waals surface area contributed by atoms with Crippen molar-refractivity contribution in [3.8, 4) is 0 Å². The minimum absolute atomic E-state index is 0.0621. The molecule has 1 N–H and O–H groups in total. The molecule has 0 radical (unpaired) electrons. The molecule has 2 aliphatic rings. The Bertz CT molecular complexity index is 838. The van der Waals surface area contributed by atoms with E-state index in [0.29, 0.717) is 13.2 Å². The predicted octanol–water partition coefficient (Wildman–Crippen LogP) is 3.59. The third kappa shape index (κ3) is 3.46. The first-order valence-corrected chi connectivity index (χ1v) is 9.60. The van der Waals surface area contributed by atoms with Crippen LogP contribution >= 0.6 is 11.6 Å². The number of hydrogen-bond donors (Lipinski definition) is 1. The van der Waals surface area contributed by atoms with Crippen molar-refractivity contribution in [3.63, 3.8) is 0 Å². The van der Waals surface area contributed by atoms with Crippen molar-refractivity contribution in [3.05, 3.63) is 57.3 Å². The highest BCUT2D eigenvalue weighted by molar-refractivity contribution is 6.30. The number of rotatable bonds is 3. The summed E-state index contributed by atoms with van der Waals surface area (Å²) in [6.07, 6.45) is 2.15. The molecule has 2 atom stereocenters. The number of H-pyrrole nitrogens is 1. The number of morpholine rings is 1. The highest BCUT2D eigenvalue weighted by atomic mass is 35.5. The molecule has 4 rings (SSSR count). The molecule has 1 aromatic heterocycles. The Balaban J connectivity index is 1.67. The van der Waals surface area contributed by atoms with E-state index in [2.05, 4.69) is 33.8 Å². The molecule has 1 unspecified atom stereocenters. The van der Waals surface area contributed by atoms with Crippen molar-refractivity contribution < 1.29 is 4.74 Å². The third-order valence-corrected chi connectivity index (χ3v) is 5.54. The maximum absolute atomic E-state index is 12.4. The molecule has 5 nitrogen and oxygen atoms in total. The largest absolute Gasteiger partial charge is 0.377 e. The van der Waals surface area contributed by atoms with Gasteiger partial charge in [-0.2, -0.15) is 0 Å². The van der Waals surface area contributed by atoms with Gasteiger partial charge in [0.05, 0.1) is 19.3 Å². The van der Waals surface area contributed by atoms with Gasteiger partial charge in [-0.25, -0.2) is 0 Å². The molecule has 3 heterocycles. The van der Waals surface area contributed by atoms with Crippen LogP contribution in [0.15, 0.2) is 41.2 Å². The van der Waals surface area contributed by atoms with Gasteiger partial charge in [-0.1, -0.05) is 23.7 Å². The van der Waals surface area contributed by atoms with E-state index in [0.717, 1.165) is 42.5 Å². The second-order valence-electron chi connectivity index (χ2n) is 7.11. The van der Waals surface area contributed by atoms with Gasteiger partial charge in [-0.15, -0.1) is 0 Å². The molecule has 0 spiro atoms. The zero-order valence-electron chi connectivity index (χ0n) is 15.0. The first-order chi connectivity index (χ1) is 12.6. The Labute approximate surface area is 158 Å². The average Bonchev–Trinajstić information content (AvgIpc) is 3.11. The van der Waals surface area contributed by atoms with Gasteiger partial charge >= 0.3 is 0 Å². The first-order valence-electron chi connectivity index (χ1n) is 9.23. The van der Waals surface area contributed by atoms with E-state index >= 15 is 0 Å². The van der Waals surface area contributed by atoms with Crippen LogP contribution < -0.4 is 15.4 Å². The molecule has 0 saturated carbocycles. The smallest absolute Gasteiger partial charge is 0.251 e. The minimum atomic E-state index is -0.0621. The normalized spacial score (nSPS) is 23.5. The fourth-order valence-corrected chi connectivity index (χ4v) is 4.26. The number of ether oxygens (including phenoxy) is 1. The minimum Gasteiger partial charge on any atom is -0.377 e. The summed E-state index contributed by atoms with van der Waals surface area (Å²) >= 11 is 6.19. The fraction of sp³-hybridized carbons (Fsp3) is 0.450. The number of hydrogen-bond acceptors (Lipinski definition) is 4.